The first-order chi connectivity index (χ1) is 11.5. The van der Waals surface area contributed by atoms with Gasteiger partial charge in [-0.3, -0.25) is 9.36 Å². The number of aliphatic hydroxyl groups excluding tert-OH is 1. The van der Waals surface area contributed by atoms with Gasteiger partial charge >= 0.3 is 5.69 Å². The van der Waals surface area contributed by atoms with Crippen LogP contribution in [-0.4, -0.2) is 33.2 Å². The normalized spacial score (nSPS) is 18.0. The number of carbonyl (C=O) groups is 1. The standard InChI is InChI=1S/C18H25N3O3/c1-11(10-22)12(2)19-17(23)13-7-8-16-15(9-13)20-18(24)21(16)14-5-3-4-6-14/h7-9,11-12,14,22H,3-6,10H2,1-2H3,(H,19,23)(H,20,24). The van der Waals surface area contributed by atoms with E-state index in [9.17, 15) is 14.7 Å². The SMILES string of the molecule is CC(CO)C(C)NC(=O)c1ccc2c(c1)[nH]c(=O)n2C1CCCC1. The quantitative estimate of drug-likeness (QED) is 0.785. The maximum atomic E-state index is 12.4. The van der Waals surface area contributed by atoms with Crippen LogP contribution in [0, 0.1) is 5.92 Å². The van der Waals surface area contributed by atoms with Crippen LogP contribution in [0.1, 0.15) is 55.9 Å². The highest BCUT2D eigenvalue weighted by Gasteiger charge is 2.22. The van der Waals surface area contributed by atoms with Crippen molar-refractivity contribution in [3.63, 3.8) is 0 Å². The van der Waals surface area contributed by atoms with Crippen molar-refractivity contribution in [3.05, 3.63) is 34.2 Å². The number of hydrogen-bond donors (Lipinski definition) is 3. The number of hydrogen-bond acceptors (Lipinski definition) is 3. The van der Waals surface area contributed by atoms with E-state index >= 15 is 0 Å². The van der Waals surface area contributed by atoms with E-state index in [4.69, 9.17) is 0 Å². The van der Waals surface area contributed by atoms with Crippen LogP contribution in [0.3, 0.4) is 0 Å². The molecular weight excluding hydrogens is 306 g/mol. The second kappa shape index (κ2) is 6.81. The zero-order valence-corrected chi connectivity index (χ0v) is 14.2. The lowest BCUT2D eigenvalue weighted by Gasteiger charge is -2.19. The molecule has 2 aromatic rings. The van der Waals surface area contributed by atoms with Crippen molar-refractivity contribution < 1.29 is 9.90 Å². The van der Waals surface area contributed by atoms with Gasteiger partial charge in [0.2, 0.25) is 0 Å². The fraction of sp³-hybridized carbons (Fsp3) is 0.556. The molecule has 0 saturated heterocycles. The molecule has 0 aliphatic heterocycles. The van der Waals surface area contributed by atoms with Gasteiger partial charge in [-0.05, 0) is 43.9 Å². The maximum absolute atomic E-state index is 12.4. The molecular formula is C18H25N3O3. The van der Waals surface area contributed by atoms with Crippen LogP contribution in [0.15, 0.2) is 23.0 Å². The van der Waals surface area contributed by atoms with Crippen molar-refractivity contribution in [2.24, 2.45) is 5.92 Å². The summed E-state index contributed by atoms with van der Waals surface area (Å²) in [7, 11) is 0. The summed E-state index contributed by atoms with van der Waals surface area (Å²) < 4.78 is 1.83. The Morgan fingerprint density at radius 3 is 2.75 bits per heavy atom. The average molecular weight is 331 g/mol. The molecule has 3 rings (SSSR count). The number of amides is 1. The minimum absolute atomic E-state index is 0.0130. The molecule has 1 aliphatic carbocycles. The average Bonchev–Trinajstić information content (AvgIpc) is 3.19. The molecule has 1 saturated carbocycles. The largest absolute Gasteiger partial charge is 0.396 e. The molecule has 6 nitrogen and oxygen atoms in total. The predicted molar refractivity (Wildman–Crippen MR) is 93.2 cm³/mol. The van der Waals surface area contributed by atoms with Crippen LogP contribution in [0.2, 0.25) is 0 Å². The van der Waals surface area contributed by atoms with Crippen LogP contribution in [0.25, 0.3) is 11.0 Å². The lowest BCUT2D eigenvalue weighted by molar-refractivity contribution is 0.0916. The van der Waals surface area contributed by atoms with Gasteiger partial charge in [0.05, 0.1) is 11.0 Å². The van der Waals surface area contributed by atoms with Crippen LogP contribution >= 0.6 is 0 Å². The zero-order valence-electron chi connectivity index (χ0n) is 14.2. The number of H-pyrrole nitrogens is 1. The first kappa shape index (κ1) is 16.8. The summed E-state index contributed by atoms with van der Waals surface area (Å²) in [6.45, 7) is 3.78. The predicted octanol–water partition coefficient (Wildman–Crippen LogP) is 2.19. The number of rotatable bonds is 5. The van der Waals surface area contributed by atoms with E-state index in [0.29, 0.717) is 11.1 Å². The van der Waals surface area contributed by atoms with Crippen molar-refractivity contribution >= 4 is 16.9 Å². The Morgan fingerprint density at radius 1 is 1.38 bits per heavy atom. The molecule has 0 radical (unpaired) electrons. The summed E-state index contributed by atoms with van der Waals surface area (Å²) in [4.78, 5) is 27.5. The van der Waals surface area contributed by atoms with E-state index in [-0.39, 0.29) is 36.2 Å². The summed E-state index contributed by atoms with van der Waals surface area (Å²) in [5, 5.41) is 12.1. The monoisotopic (exact) mass is 331 g/mol. The molecule has 2 atom stereocenters. The molecule has 1 aliphatic rings. The Labute approximate surface area is 140 Å². The molecule has 2 unspecified atom stereocenters. The highest BCUT2D eigenvalue weighted by atomic mass is 16.3. The van der Waals surface area contributed by atoms with Crippen molar-refractivity contribution in [1.82, 2.24) is 14.9 Å². The van der Waals surface area contributed by atoms with E-state index < -0.39 is 0 Å². The number of aromatic nitrogens is 2. The van der Waals surface area contributed by atoms with Gasteiger partial charge in [0, 0.05) is 24.3 Å². The highest BCUT2D eigenvalue weighted by Crippen LogP contribution is 2.30. The number of nitrogens with zero attached hydrogens (tertiary/aromatic N) is 1. The van der Waals surface area contributed by atoms with Gasteiger partial charge in [-0.1, -0.05) is 19.8 Å². The molecule has 3 N–H and O–H groups in total. The summed E-state index contributed by atoms with van der Waals surface area (Å²) >= 11 is 0. The molecule has 1 aromatic carbocycles. The van der Waals surface area contributed by atoms with Crippen LogP contribution in [0.4, 0.5) is 0 Å². The van der Waals surface area contributed by atoms with Crippen LogP contribution < -0.4 is 11.0 Å². The van der Waals surface area contributed by atoms with Crippen molar-refractivity contribution in [1.29, 1.82) is 0 Å². The molecule has 0 bridgehead atoms. The maximum Gasteiger partial charge on any atom is 0.326 e. The van der Waals surface area contributed by atoms with Gasteiger partial charge in [-0.25, -0.2) is 4.79 Å². The molecule has 0 spiro atoms. The number of carbonyl (C=O) groups excluding carboxylic acids is 1. The summed E-state index contributed by atoms with van der Waals surface area (Å²) in [5.74, 6) is -0.208. The van der Waals surface area contributed by atoms with Crippen molar-refractivity contribution in [3.8, 4) is 0 Å². The molecule has 6 heteroatoms. The smallest absolute Gasteiger partial charge is 0.326 e. The summed E-state index contributed by atoms with van der Waals surface area (Å²) in [5.41, 5.74) is 1.97. The minimum atomic E-state index is -0.195. The van der Waals surface area contributed by atoms with Gasteiger partial charge in [0.15, 0.2) is 0 Å². The summed E-state index contributed by atoms with van der Waals surface area (Å²) in [6.07, 6.45) is 4.38. The van der Waals surface area contributed by atoms with Crippen LogP contribution in [0.5, 0.6) is 0 Å². The third-order valence-electron chi connectivity index (χ3n) is 5.17. The number of aromatic amines is 1. The van der Waals surface area contributed by atoms with Gasteiger partial charge in [0.25, 0.3) is 5.91 Å². The Hall–Kier alpha value is -2.08. The van der Waals surface area contributed by atoms with E-state index in [1.165, 1.54) is 0 Å². The van der Waals surface area contributed by atoms with Gasteiger partial charge in [-0.15, -0.1) is 0 Å². The number of fused-ring (bicyclic) bond motifs is 1. The fourth-order valence-corrected chi connectivity index (χ4v) is 3.39. The van der Waals surface area contributed by atoms with E-state index in [1.807, 2.05) is 24.5 Å². The Morgan fingerprint density at radius 2 is 2.08 bits per heavy atom. The van der Waals surface area contributed by atoms with E-state index in [2.05, 4.69) is 10.3 Å². The molecule has 1 aromatic heterocycles. The molecule has 1 heterocycles. The van der Waals surface area contributed by atoms with E-state index in [1.54, 1.807) is 12.1 Å². The Bertz CT molecular complexity index is 786. The van der Waals surface area contributed by atoms with Crippen LogP contribution in [-0.2, 0) is 0 Å². The molecule has 24 heavy (non-hydrogen) atoms. The topological polar surface area (TPSA) is 87.1 Å². The van der Waals surface area contributed by atoms with Gasteiger partial charge in [-0.2, -0.15) is 0 Å². The Balaban J connectivity index is 1.87. The fourth-order valence-electron chi connectivity index (χ4n) is 3.39. The molecule has 1 amide bonds. The second-order valence-electron chi connectivity index (χ2n) is 6.89. The number of aliphatic hydroxyl groups is 1. The lowest BCUT2D eigenvalue weighted by atomic mass is 10.0. The second-order valence-corrected chi connectivity index (χ2v) is 6.89. The molecule has 1 fully saturated rings. The van der Waals surface area contributed by atoms with Crippen molar-refractivity contribution in [2.75, 3.05) is 6.61 Å². The number of imidazole rings is 1. The highest BCUT2D eigenvalue weighted by molar-refractivity contribution is 5.97. The minimum Gasteiger partial charge on any atom is -0.396 e. The first-order valence-corrected chi connectivity index (χ1v) is 8.67. The summed E-state index contributed by atoms with van der Waals surface area (Å²) in [6, 6.07) is 5.47. The third kappa shape index (κ3) is 3.11. The number of benzene rings is 1. The van der Waals surface area contributed by atoms with Gasteiger partial charge < -0.3 is 15.4 Å². The Kier molecular flexibility index (Phi) is 4.76. The number of nitrogens with one attached hydrogen (secondary N) is 2. The zero-order chi connectivity index (χ0) is 17.3. The van der Waals surface area contributed by atoms with E-state index in [0.717, 1.165) is 31.2 Å². The van der Waals surface area contributed by atoms with Crippen molar-refractivity contribution in [2.45, 2.75) is 51.6 Å². The lowest BCUT2D eigenvalue weighted by Crippen LogP contribution is -2.38. The molecule has 130 valence electrons. The first-order valence-electron chi connectivity index (χ1n) is 8.67. The third-order valence-corrected chi connectivity index (χ3v) is 5.17. The van der Waals surface area contributed by atoms with Gasteiger partial charge in [0.1, 0.15) is 0 Å².